The van der Waals surface area contributed by atoms with Crippen LogP contribution in [0.1, 0.15) is 11.3 Å². The van der Waals surface area contributed by atoms with Gasteiger partial charge in [0.1, 0.15) is 11.5 Å². The summed E-state index contributed by atoms with van der Waals surface area (Å²) in [7, 11) is 0. The lowest BCUT2D eigenvalue weighted by Gasteiger charge is -2.15. The molecule has 0 aliphatic carbocycles. The highest BCUT2D eigenvalue weighted by atomic mass is 35.5. The van der Waals surface area contributed by atoms with Crippen molar-refractivity contribution >= 4 is 24.0 Å². The first kappa shape index (κ1) is 9.71. The van der Waals surface area contributed by atoms with E-state index in [1.54, 1.807) is 0 Å². The third-order valence-corrected chi connectivity index (χ3v) is 2.15. The Morgan fingerprint density at radius 3 is 3.00 bits per heavy atom. The van der Waals surface area contributed by atoms with Crippen LogP contribution < -0.4 is 5.32 Å². The molecular formula is C7H9Cl2N3. The maximum atomic E-state index is 5.86. The second-order valence-electron chi connectivity index (χ2n) is 2.52. The number of nitrogens with one attached hydrogen (secondary N) is 1. The molecule has 1 aliphatic heterocycles. The lowest BCUT2D eigenvalue weighted by atomic mass is 10.1. The second-order valence-corrected chi connectivity index (χ2v) is 2.87. The van der Waals surface area contributed by atoms with Crippen molar-refractivity contribution < 1.29 is 0 Å². The van der Waals surface area contributed by atoms with Gasteiger partial charge in [-0.25, -0.2) is 9.97 Å². The summed E-state index contributed by atoms with van der Waals surface area (Å²) in [5, 5.41) is 3.83. The Morgan fingerprint density at radius 1 is 1.42 bits per heavy atom. The SMILES string of the molecule is Cl.Clc1ncnc2c1CCNC2. The number of rotatable bonds is 0. The summed E-state index contributed by atoms with van der Waals surface area (Å²) < 4.78 is 0. The van der Waals surface area contributed by atoms with Crippen LogP contribution in [0.5, 0.6) is 0 Å². The molecule has 0 spiro atoms. The number of aromatic nitrogens is 2. The van der Waals surface area contributed by atoms with E-state index in [0.717, 1.165) is 30.8 Å². The van der Waals surface area contributed by atoms with Crippen molar-refractivity contribution in [3.63, 3.8) is 0 Å². The summed E-state index contributed by atoms with van der Waals surface area (Å²) in [6.45, 7) is 1.79. The zero-order valence-electron chi connectivity index (χ0n) is 6.38. The van der Waals surface area contributed by atoms with E-state index in [1.165, 1.54) is 6.33 Å². The zero-order chi connectivity index (χ0) is 7.68. The van der Waals surface area contributed by atoms with Crippen molar-refractivity contribution in [2.45, 2.75) is 13.0 Å². The van der Waals surface area contributed by atoms with Crippen molar-refractivity contribution in [3.8, 4) is 0 Å². The van der Waals surface area contributed by atoms with Gasteiger partial charge in [0.2, 0.25) is 0 Å². The van der Waals surface area contributed by atoms with Crippen LogP contribution in [0.15, 0.2) is 6.33 Å². The molecule has 1 aromatic heterocycles. The number of fused-ring (bicyclic) bond motifs is 1. The molecule has 0 unspecified atom stereocenters. The van der Waals surface area contributed by atoms with Gasteiger partial charge >= 0.3 is 0 Å². The molecule has 12 heavy (non-hydrogen) atoms. The van der Waals surface area contributed by atoms with Crippen molar-refractivity contribution in [2.75, 3.05) is 6.54 Å². The Hall–Kier alpha value is -0.380. The Kier molecular flexibility index (Phi) is 3.26. The minimum atomic E-state index is 0. The zero-order valence-corrected chi connectivity index (χ0v) is 7.95. The first-order chi connectivity index (χ1) is 5.38. The van der Waals surface area contributed by atoms with Gasteiger partial charge < -0.3 is 5.32 Å². The first-order valence-corrected chi connectivity index (χ1v) is 3.94. The molecule has 0 saturated heterocycles. The smallest absolute Gasteiger partial charge is 0.135 e. The van der Waals surface area contributed by atoms with Crippen molar-refractivity contribution in [1.82, 2.24) is 15.3 Å². The van der Waals surface area contributed by atoms with Gasteiger partial charge in [-0.15, -0.1) is 12.4 Å². The van der Waals surface area contributed by atoms with E-state index in [4.69, 9.17) is 11.6 Å². The van der Waals surface area contributed by atoms with Gasteiger partial charge in [-0.2, -0.15) is 0 Å². The normalized spacial score (nSPS) is 14.8. The molecule has 2 rings (SSSR count). The molecule has 0 saturated carbocycles. The largest absolute Gasteiger partial charge is 0.311 e. The minimum Gasteiger partial charge on any atom is -0.311 e. The quantitative estimate of drug-likeness (QED) is 0.648. The highest BCUT2D eigenvalue weighted by molar-refractivity contribution is 6.30. The van der Waals surface area contributed by atoms with Crippen LogP contribution in [0.4, 0.5) is 0 Å². The Balaban J connectivity index is 0.000000720. The summed E-state index contributed by atoms with van der Waals surface area (Å²) in [4.78, 5) is 8.04. The molecule has 5 heteroatoms. The van der Waals surface area contributed by atoms with Gasteiger partial charge in [0.15, 0.2) is 0 Å². The van der Waals surface area contributed by atoms with Crippen molar-refractivity contribution in [1.29, 1.82) is 0 Å². The van der Waals surface area contributed by atoms with Gasteiger partial charge in [0.25, 0.3) is 0 Å². The van der Waals surface area contributed by atoms with E-state index in [9.17, 15) is 0 Å². The molecule has 2 heterocycles. The number of halogens is 2. The molecular weight excluding hydrogens is 197 g/mol. The Morgan fingerprint density at radius 2 is 2.25 bits per heavy atom. The molecule has 0 fully saturated rings. The van der Waals surface area contributed by atoms with Crippen molar-refractivity contribution in [2.24, 2.45) is 0 Å². The number of nitrogens with zero attached hydrogens (tertiary/aromatic N) is 2. The van der Waals surface area contributed by atoms with Gasteiger partial charge in [0.05, 0.1) is 5.69 Å². The molecule has 66 valence electrons. The predicted octanol–water partition coefficient (Wildman–Crippen LogP) is 1.20. The molecule has 1 N–H and O–H groups in total. The monoisotopic (exact) mass is 205 g/mol. The predicted molar refractivity (Wildman–Crippen MR) is 49.7 cm³/mol. The topological polar surface area (TPSA) is 37.8 Å². The molecule has 1 aliphatic rings. The van der Waals surface area contributed by atoms with Crippen LogP contribution >= 0.6 is 24.0 Å². The van der Waals surface area contributed by atoms with E-state index in [-0.39, 0.29) is 12.4 Å². The third kappa shape index (κ3) is 1.68. The molecule has 0 aromatic carbocycles. The van der Waals surface area contributed by atoms with E-state index >= 15 is 0 Å². The Bertz CT molecular complexity index is 277. The lowest BCUT2D eigenvalue weighted by Crippen LogP contribution is -2.25. The van der Waals surface area contributed by atoms with Crippen LogP contribution in [-0.4, -0.2) is 16.5 Å². The molecule has 1 aromatic rings. The van der Waals surface area contributed by atoms with Crippen LogP contribution in [0.2, 0.25) is 5.15 Å². The van der Waals surface area contributed by atoms with Gasteiger partial charge in [-0.1, -0.05) is 11.6 Å². The fourth-order valence-electron chi connectivity index (χ4n) is 1.24. The average Bonchev–Trinajstić information content (AvgIpc) is 2.06. The molecule has 0 amide bonds. The molecule has 0 radical (unpaired) electrons. The second kappa shape index (κ2) is 4.03. The van der Waals surface area contributed by atoms with Crippen molar-refractivity contribution in [3.05, 3.63) is 22.7 Å². The summed E-state index contributed by atoms with van der Waals surface area (Å²) in [5.74, 6) is 0. The van der Waals surface area contributed by atoms with Gasteiger partial charge in [-0.05, 0) is 13.0 Å². The maximum absolute atomic E-state index is 5.86. The molecule has 3 nitrogen and oxygen atoms in total. The van der Waals surface area contributed by atoms with E-state index < -0.39 is 0 Å². The number of hydrogen-bond acceptors (Lipinski definition) is 3. The Labute approximate surface area is 82.0 Å². The summed E-state index contributed by atoms with van der Waals surface area (Å²) in [6.07, 6.45) is 2.45. The lowest BCUT2D eigenvalue weighted by molar-refractivity contribution is 0.623. The van der Waals surface area contributed by atoms with E-state index in [1.807, 2.05) is 0 Å². The number of hydrogen-bond donors (Lipinski definition) is 1. The molecule has 0 atom stereocenters. The standard InChI is InChI=1S/C7H8ClN3.ClH/c8-7-5-1-2-9-3-6(5)10-4-11-7;/h4,9H,1-3H2;1H. The highest BCUT2D eigenvalue weighted by Gasteiger charge is 2.12. The maximum Gasteiger partial charge on any atom is 0.135 e. The van der Waals surface area contributed by atoms with Crippen LogP contribution in [0.3, 0.4) is 0 Å². The fraction of sp³-hybridized carbons (Fsp3) is 0.429. The summed E-state index contributed by atoms with van der Waals surface area (Å²) in [6, 6.07) is 0. The fourth-order valence-corrected chi connectivity index (χ4v) is 1.49. The third-order valence-electron chi connectivity index (χ3n) is 1.83. The minimum absolute atomic E-state index is 0. The highest BCUT2D eigenvalue weighted by Crippen LogP contribution is 2.17. The van der Waals surface area contributed by atoms with E-state index in [0.29, 0.717) is 5.15 Å². The van der Waals surface area contributed by atoms with Gasteiger partial charge in [-0.3, -0.25) is 0 Å². The summed E-state index contributed by atoms with van der Waals surface area (Å²) in [5.41, 5.74) is 2.14. The first-order valence-electron chi connectivity index (χ1n) is 3.57. The van der Waals surface area contributed by atoms with Crippen LogP contribution in [-0.2, 0) is 13.0 Å². The van der Waals surface area contributed by atoms with E-state index in [2.05, 4.69) is 15.3 Å². The van der Waals surface area contributed by atoms with Gasteiger partial charge in [0, 0.05) is 12.1 Å². The molecule has 0 bridgehead atoms. The summed E-state index contributed by atoms with van der Waals surface area (Å²) >= 11 is 5.86. The average molecular weight is 206 g/mol. The van der Waals surface area contributed by atoms with Crippen LogP contribution in [0.25, 0.3) is 0 Å². The van der Waals surface area contributed by atoms with Crippen LogP contribution in [0, 0.1) is 0 Å².